The minimum absolute atomic E-state index is 0.0192. The Morgan fingerprint density at radius 3 is 2.62 bits per heavy atom. The van der Waals surface area contributed by atoms with Crippen LogP contribution in [0, 0.1) is 5.82 Å². The Bertz CT molecular complexity index is 778. The third-order valence-corrected chi connectivity index (χ3v) is 4.06. The van der Waals surface area contributed by atoms with Crippen LogP contribution >= 0.6 is 27.5 Å². The van der Waals surface area contributed by atoms with Gasteiger partial charge in [-0.25, -0.2) is 4.39 Å². The van der Waals surface area contributed by atoms with E-state index in [0.717, 1.165) is 4.47 Å². The lowest BCUT2D eigenvalue weighted by Crippen LogP contribution is -2.29. The van der Waals surface area contributed by atoms with E-state index in [4.69, 9.17) is 11.6 Å². The minimum atomic E-state index is -0.613. The van der Waals surface area contributed by atoms with Crippen molar-refractivity contribution >= 4 is 44.9 Å². The number of rotatable bonds is 2. The number of nitrogens with zero attached hydrogens (tertiary/aromatic N) is 1. The van der Waals surface area contributed by atoms with Crippen molar-refractivity contribution < 1.29 is 14.0 Å². The van der Waals surface area contributed by atoms with Crippen LogP contribution < -0.4 is 4.90 Å². The van der Waals surface area contributed by atoms with Gasteiger partial charge in [-0.1, -0.05) is 33.6 Å². The van der Waals surface area contributed by atoms with Crippen LogP contribution in [-0.4, -0.2) is 11.7 Å². The summed E-state index contributed by atoms with van der Waals surface area (Å²) >= 11 is 8.95. The molecular formula is C15H8BrClFNO2. The number of amides is 1. The number of hydrogen-bond donors (Lipinski definition) is 0. The second-order valence-corrected chi connectivity index (χ2v) is 5.95. The number of halogens is 3. The molecule has 0 radical (unpaired) electrons. The van der Waals surface area contributed by atoms with Gasteiger partial charge in [0, 0.05) is 4.47 Å². The molecule has 3 rings (SSSR count). The lowest BCUT2D eigenvalue weighted by Gasteiger charge is -2.17. The maximum atomic E-state index is 13.5. The molecule has 0 saturated heterocycles. The van der Waals surface area contributed by atoms with E-state index >= 15 is 0 Å². The van der Waals surface area contributed by atoms with Crippen molar-refractivity contribution in [1.82, 2.24) is 0 Å². The molecule has 1 heterocycles. The largest absolute Gasteiger partial charge is 0.300 e. The molecule has 0 N–H and O–H groups in total. The molecule has 6 heteroatoms. The molecule has 0 aliphatic carbocycles. The van der Waals surface area contributed by atoms with Gasteiger partial charge in [-0.05, 0) is 35.9 Å². The number of carbonyl (C=O) groups excluding carboxylic acids is 2. The molecule has 0 fully saturated rings. The van der Waals surface area contributed by atoms with Gasteiger partial charge in [0.15, 0.2) is 0 Å². The normalized spacial score (nSPS) is 13.8. The molecule has 1 aliphatic rings. The average molecular weight is 369 g/mol. The fourth-order valence-corrected chi connectivity index (χ4v) is 2.71. The van der Waals surface area contributed by atoms with Gasteiger partial charge in [0.1, 0.15) is 5.82 Å². The summed E-state index contributed by atoms with van der Waals surface area (Å²) in [4.78, 5) is 25.3. The van der Waals surface area contributed by atoms with Gasteiger partial charge >= 0.3 is 0 Å². The Balaban J connectivity index is 1.99. The van der Waals surface area contributed by atoms with Crippen molar-refractivity contribution in [1.29, 1.82) is 0 Å². The standard InChI is InChI=1S/C15H8BrClFNO2/c16-9-2-3-10-13(6-9)19(15(21)14(10)20)7-8-1-4-11(17)12(18)5-8/h1-6H,7H2. The molecule has 0 aromatic heterocycles. The van der Waals surface area contributed by atoms with Crippen LogP contribution in [0.1, 0.15) is 15.9 Å². The van der Waals surface area contributed by atoms with Gasteiger partial charge in [-0.15, -0.1) is 0 Å². The predicted molar refractivity (Wildman–Crippen MR) is 81.1 cm³/mol. The summed E-state index contributed by atoms with van der Waals surface area (Å²) in [7, 11) is 0. The highest BCUT2D eigenvalue weighted by atomic mass is 79.9. The number of anilines is 1. The highest BCUT2D eigenvalue weighted by Crippen LogP contribution is 2.33. The van der Waals surface area contributed by atoms with Crippen molar-refractivity contribution in [3.05, 3.63) is 62.8 Å². The summed E-state index contributed by atoms with van der Waals surface area (Å²) in [6, 6.07) is 9.31. The zero-order valence-corrected chi connectivity index (χ0v) is 12.9. The van der Waals surface area contributed by atoms with E-state index in [1.54, 1.807) is 24.3 Å². The monoisotopic (exact) mass is 367 g/mol. The third-order valence-electron chi connectivity index (χ3n) is 3.26. The van der Waals surface area contributed by atoms with Gasteiger partial charge < -0.3 is 4.90 Å². The van der Waals surface area contributed by atoms with Crippen LogP contribution in [0.3, 0.4) is 0 Å². The van der Waals surface area contributed by atoms with Crippen LogP contribution in [0.25, 0.3) is 0 Å². The topological polar surface area (TPSA) is 37.4 Å². The van der Waals surface area contributed by atoms with Crippen molar-refractivity contribution in [2.24, 2.45) is 0 Å². The van der Waals surface area contributed by atoms with Crippen LogP contribution in [0.5, 0.6) is 0 Å². The van der Waals surface area contributed by atoms with Crippen LogP contribution in [0.15, 0.2) is 40.9 Å². The molecule has 3 nitrogen and oxygen atoms in total. The molecule has 2 aromatic carbocycles. The van der Waals surface area contributed by atoms with E-state index in [9.17, 15) is 14.0 Å². The number of fused-ring (bicyclic) bond motifs is 1. The van der Waals surface area contributed by atoms with Crippen molar-refractivity contribution in [2.75, 3.05) is 4.90 Å². The molecular weight excluding hydrogens is 361 g/mol. The van der Waals surface area contributed by atoms with E-state index in [1.807, 2.05) is 0 Å². The Morgan fingerprint density at radius 1 is 1.14 bits per heavy atom. The Morgan fingerprint density at radius 2 is 1.90 bits per heavy atom. The highest BCUT2D eigenvalue weighted by Gasteiger charge is 2.35. The SMILES string of the molecule is O=C1C(=O)N(Cc2ccc(Cl)c(F)c2)c2cc(Br)ccc21. The first-order valence-corrected chi connectivity index (χ1v) is 7.24. The van der Waals surface area contributed by atoms with E-state index in [1.165, 1.54) is 17.0 Å². The first-order chi connectivity index (χ1) is 9.97. The van der Waals surface area contributed by atoms with Gasteiger partial charge in [0.2, 0.25) is 0 Å². The van der Waals surface area contributed by atoms with Gasteiger partial charge in [0.05, 0.1) is 22.8 Å². The van der Waals surface area contributed by atoms with Crippen LogP contribution in [0.4, 0.5) is 10.1 Å². The molecule has 0 saturated carbocycles. The smallest absolute Gasteiger partial charge is 0.299 e. The maximum absolute atomic E-state index is 13.5. The summed E-state index contributed by atoms with van der Waals surface area (Å²) in [5.41, 5.74) is 1.44. The molecule has 2 aromatic rings. The molecule has 1 amide bonds. The first-order valence-electron chi connectivity index (χ1n) is 6.07. The fourth-order valence-electron chi connectivity index (χ4n) is 2.24. The van der Waals surface area contributed by atoms with Gasteiger partial charge in [-0.2, -0.15) is 0 Å². The molecule has 0 unspecified atom stereocenters. The Kier molecular flexibility index (Phi) is 3.55. The minimum Gasteiger partial charge on any atom is -0.300 e. The van der Waals surface area contributed by atoms with Crippen LogP contribution in [0.2, 0.25) is 5.02 Å². The first kappa shape index (κ1) is 14.2. The van der Waals surface area contributed by atoms with E-state index in [-0.39, 0.29) is 11.6 Å². The number of hydrogen-bond acceptors (Lipinski definition) is 2. The van der Waals surface area contributed by atoms with Gasteiger partial charge in [-0.3, -0.25) is 9.59 Å². The summed E-state index contributed by atoms with van der Waals surface area (Å²) in [5.74, 6) is -1.72. The maximum Gasteiger partial charge on any atom is 0.299 e. The molecule has 0 atom stereocenters. The average Bonchev–Trinajstić information content (AvgIpc) is 2.68. The second kappa shape index (κ2) is 5.24. The van der Waals surface area contributed by atoms with Crippen molar-refractivity contribution in [2.45, 2.75) is 6.54 Å². The fraction of sp³-hybridized carbons (Fsp3) is 0.0667. The number of benzene rings is 2. The molecule has 0 bridgehead atoms. The van der Waals surface area contributed by atoms with Crippen molar-refractivity contribution in [3.8, 4) is 0 Å². The lowest BCUT2D eigenvalue weighted by molar-refractivity contribution is -0.114. The summed E-state index contributed by atoms with van der Waals surface area (Å²) in [6.45, 7) is 0.113. The quantitative estimate of drug-likeness (QED) is 0.752. The third kappa shape index (κ3) is 2.47. The van der Waals surface area contributed by atoms with Gasteiger partial charge in [0.25, 0.3) is 11.7 Å². The Labute approximate surface area is 133 Å². The summed E-state index contributed by atoms with van der Waals surface area (Å²) < 4.78 is 14.2. The predicted octanol–water partition coefficient (Wildman–Crippen LogP) is 3.97. The highest BCUT2D eigenvalue weighted by molar-refractivity contribution is 9.10. The summed E-state index contributed by atoms with van der Waals surface area (Å²) in [6.07, 6.45) is 0. The molecule has 1 aliphatic heterocycles. The summed E-state index contributed by atoms with van der Waals surface area (Å²) in [5, 5.41) is 0.0192. The zero-order chi connectivity index (χ0) is 15.1. The number of ketones is 1. The number of Topliss-reactive ketones (excluding diaryl/α,β-unsaturated/α-hetero) is 1. The molecule has 0 spiro atoms. The van der Waals surface area contributed by atoms with E-state index in [2.05, 4.69) is 15.9 Å². The molecule has 21 heavy (non-hydrogen) atoms. The lowest BCUT2D eigenvalue weighted by atomic mass is 10.1. The van der Waals surface area contributed by atoms with E-state index < -0.39 is 17.5 Å². The van der Waals surface area contributed by atoms with Crippen LogP contribution in [-0.2, 0) is 11.3 Å². The van der Waals surface area contributed by atoms with Crippen molar-refractivity contribution in [3.63, 3.8) is 0 Å². The Hall–Kier alpha value is -1.72. The van der Waals surface area contributed by atoms with E-state index in [0.29, 0.717) is 16.8 Å². The molecule has 106 valence electrons. The zero-order valence-electron chi connectivity index (χ0n) is 10.6. The second-order valence-electron chi connectivity index (χ2n) is 4.63. The number of carbonyl (C=O) groups is 2.